The molecule has 8 heteroatoms. The Morgan fingerprint density at radius 3 is 2.57 bits per heavy atom. The maximum Gasteiger partial charge on any atom is 0.272 e. The van der Waals surface area contributed by atoms with Crippen LogP contribution >= 0.6 is 0 Å². The summed E-state index contributed by atoms with van der Waals surface area (Å²) < 4.78 is 3.67. The second-order valence-electron chi connectivity index (χ2n) is 7.80. The number of carbonyl (C=O) groups is 2. The SMILES string of the molecule is Cn1cncc1C(=O)N1CCc2c(c(CCC(=O)N3CCCCC3)nn2C)C1. The maximum absolute atomic E-state index is 12.9. The highest BCUT2D eigenvalue weighted by Crippen LogP contribution is 2.24. The molecule has 28 heavy (non-hydrogen) atoms. The van der Waals surface area contributed by atoms with Crippen molar-refractivity contribution in [3.8, 4) is 0 Å². The fourth-order valence-corrected chi connectivity index (χ4v) is 4.30. The van der Waals surface area contributed by atoms with Crippen LogP contribution in [-0.4, -0.2) is 60.6 Å². The Balaban J connectivity index is 1.46. The van der Waals surface area contributed by atoms with Gasteiger partial charge in [-0.2, -0.15) is 5.10 Å². The highest BCUT2D eigenvalue weighted by molar-refractivity contribution is 5.92. The number of nitrogens with zero attached hydrogens (tertiary/aromatic N) is 6. The smallest absolute Gasteiger partial charge is 0.272 e. The first-order valence-electron chi connectivity index (χ1n) is 10.1. The minimum atomic E-state index is -0.00940. The van der Waals surface area contributed by atoms with Crippen LogP contribution in [-0.2, 0) is 38.3 Å². The largest absolute Gasteiger partial charge is 0.343 e. The zero-order valence-corrected chi connectivity index (χ0v) is 16.7. The van der Waals surface area contributed by atoms with E-state index in [-0.39, 0.29) is 11.8 Å². The molecule has 0 bridgehead atoms. The summed E-state index contributed by atoms with van der Waals surface area (Å²) in [7, 11) is 3.78. The van der Waals surface area contributed by atoms with Crippen LogP contribution in [0, 0.1) is 0 Å². The molecule has 0 unspecified atom stereocenters. The van der Waals surface area contributed by atoms with Crippen LogP contribution in [0.2, 0.25) is 0 Å². The third-order valence-electron chi connectivity index (χ3n) is 5.93. The van der Waals surface area contributed by atoms with E-state index in [4.69, 9.17) is 0 Å². The summed E-state index contributed by atoms with van der Waals surface area (Å²) in [6.45, 7) is 2.97. The van der Waals surface area contributed by atoms with Crippen molar-refractivity contribution in [2.24, 2.45) is 14.1 Å². The molecule has 4 heterocycles. The molecule has 0 spiro atoms. The lowest BCUT2D eigenvalue weighted by Crippen LogP contribution is -2.37. The van der Waals surface area contributed by atoms with E-state index in [9.17, 15) is 9.59 Å². The van der Waals surface area contributed by atoms with Gasteiger partial charge in [0.25, 0.3) is 5.91 Å². The number of hydrogen-bond donors (Lipinski definition) is 0. The van der Waals surface area contributed by atoms with Gasteiger partial charge in [-0.1, -0.05) is 0 Å². The Bertz CT molecular complexity index is 877. The van der Waals surface area contributed by atoms with Crippen molar-refractivity contribution in [2.45, 2.75) is 45.1 Å². The molecule has 4 rings (SSSR count). The highest BCUT2D eigenvalue weighted by atomic mass is 16.2. The van der Waals surface area contributed by atoms with Crippen LogP contribution in [0.5, 0.6) is 0 Å². The van der Waals surface area contributed by atoms with Gasteiger partial charge in [0.2, 0.25) is 5.91 Å². The summed E-state index contributed by atoms with van der Waals surface area (Å²) in [6.07, 6.45) is 8.58. The van der Waals surface area contributed by atoms with Gasteiger partial charge < -0.3 is 14.4 Å². The zero-order valence-electron chi connectivity index (χ0n) is 16.7. The number of imidazole rings is 1. The van der Waals surface area contributed by atoms with Gasteiger partial charge in [0.05, 0.1) is 18.2 Å². The molecule has 150 valence electrons. The Hall–Kier alpha value is -2.64. The molecule has 0 atom stereocenters. The molecule has 0 aliphatic carbocycles. The Kier molecular flexibility index (Phi) is 5.19. The monoisotopic (exact) mass is 384 g/mol. The van der Waals surface area contributed by atoms with Crippen molar-refractivity contribution >= 4 is 11.8 Å². The predicted molar refractivity (Wildman–Crippen MR) is 104 cm³/mol. The van der Waals surface area contributed by atoms with Gasteiger partial charge in [-0.05, 0) is 19.3 Å². The summed E-state index contributed by atoms with van der Waals surface area (Å²) >= 11 is 0. The van der Waals surface area contributed by atoms with Gasteiger partial charge in [-0.15, -0.1) is 0 Å². The topological polar surface area (TPSA) is 76.3 Å². The molecule has 1 fully saturated rings. The molecule has 0 aromatic carbocycles. The minimum absolute atomic E-state index is 0.00940. The van der Waals surface area contributed by atoms with Crippen LogP contribution in [0.15, 0.2) is 12.5 Å². The molecule has 0 radical (unpaired) electrons. The van der Waals surface area contributed by atoms with E-state index >= 15 is 0 Å². The summed E-state index contributed by atoms with van der Waals surface area (Å²) in [4.78, 5) is 33.3. The molecule has 0 saturated carbocycles. The van der Waals surface area contributed by atoms with E-state index < -0.39 is 0 Å². The Morgan fingerprint density at radius 2 is 1.86 bits per heavy atom. The summed E-state index contributed by atoms with van der Waals surface area (Å²) in [5.41, 5.74) is 3.82. The average molecular weight is 384 g/mol. The molecule has 0 N–H and O–H groups in total. The van der Waals surface area contributed by atoms with E-state index in [0.29, 0.717) is 31.6 Å². The van der Waals surface area contributed by atoms with Crippen LogP contribution in [0.25, 0.3) is 0 Å². The van der Waals surface area contributed by atoms with Crippen molar-refractivity contribution in [2.75, 3.05) is 19.6 Å². The summed E-state index contributed by atoms with van der Waals surface area (Å²) in [6, 6.07) is 0. The number of rotatable bonds is 4. The summed E-state index contributed by atoms with van der Waals surface area (Å²) in [5, 5.41) is 4.67. The molecule has 2 aromatic heterocycles. The molecule has 1 saturated heterocycles. The quantitative estimate of drug-likeness (QED) is 0.796. The maximum atomic E-state index is 12.9. The van der Waals surface area contributed by atoms with Crippen molar-refractivity contribution in [1.29, 1.82) is 0 Å². The van der Waals surface area contributed by atoms with Gasteiger partial charge in [-0.3, -0.25) is 14.3 Å². The van der Waals surface area contributed by atoms with Crippen LogP contribution < -0.4 is 0 Å². The second-order valence-corrected chi connectivity index (χ2v) is 7.80. The lowest BCUT2D eigenvalue weighted by Gasteiger charge is -2.28. The van der Waals surface area contributed by atoms with E-state index in [1.807, 2.05) is 28.6 Å². The first-order chi connectivity index (χ1) is 13.5. The fourth-order valence-electron chi connectivity index (χ4n) is 4.30. The molecule has 2 aromatic rings. The third-order valence-corrected chi connectivity index (χ3v) is 5.93. The number of piperidine rings is 1. The van der Waals surface area contributed by atoms with Gasteiger partial charge in [-0.25, -0.2) is 4.98 Å². The number of hydrogen-bond acceptors (Lipinski definition) is 4. The standard InChI is InChI=1S/C20H28N6O2/c1-23-14-21-12-18(23)20(28)26-11-8-17-15(13-26)16(22-24(17)2)6-7-19(27)25-9-4-3-5-10-25/h12,14H,3-11,13H2,1-2H3. The number of aromatic nitrogens is 4. The van der Waals surface area contributed by atoms with Gasteiger partial charge in [0.1, 0.15) is 5.69 Å². The normalized spacial score (nSPS) is 16.9. The second kappa shape index (κ2) is 7.77. The van der Waals surface area contributed by atoms with E-state index in [2.05, 4.69) is 10.1 Å². The molecule has 2 aliphatic rings. The van der Waals surface area contributed by atoms with Crippen molar-refractivity contribution < 1.29 is 9.59 Å². The summed E-state index contributed by atoms with van der Waals surface area (Å²) in [5.74, 6) is 0.211. The van der Waals surface area contributed by atoms with Crippen LogP contribution in [0.4, 0.5) is 0 Å². The Morgan fingerprint density at radius 1 is 1.07 bits per heavy atom. The lowest BCUT2D eigenvalue weighted by atomic mass is 10.0. The van der Waals surface area contributed by atoms with E-state index in [1.54, 1.807) is 17.1 Å². The van der Waals surface area contributed by atoms with Gasteiger partial charge in [0.15, 0.2) is 0 Å². The lowest BCUT2D eigenvalue weighted by molar-refractivity contribution is -0.132. The number of likely N-dealkylation sites (tertiary alicyclic amines) is 1. The number of fused-ring (bicyclic) bond motifs is 1. The molecule has 8 nitrogen and oxygen atoms in total. The first-order valence-corrected chi connectivity index (χ1v) is 10.1. The number of carbonyl (C=O) groups excluding carboxylic acids is 2. The van der Waals surface area contributed by atoms with Gasteiger partial charge >= 0.3 is 0 Å². The van der Waals surface area contributed by atoms with Gasteiger partial charge in [0, 0.05) is 70.8 Å². The zero-order chi connectivity index (χ0) is 19.7. The van der Waals surface area contributed by atoms with Crippen molar-refractivity contribution in [3.05, 3.63) is 35.2 Å². The van der Waals surface area contributed by atoms with Crippen LogP contribution in [0.1, 0.15) is 53.1 Å². The fraction of sp³-hybridized carbons (Fsp3) is 0.600. The number of amides is 2. The van der Waals surface area contributed by atoms with E-state index in [1.165, 1.54) is 12.1 Å². The molecule has 2 amide bonds. The van der Waals surface area contributed by atoms with Crippen LogP contribution in [0.3, 0.4) is 0 Å². The van der Waals surface area contributed by atoms with Crippen molar-refractivity contribution in [3.63, 3.8) is 0 Å². The predicted octanol–water partition coefficient (Wildman–Crippen LogP) is 1.30. The third kappa shape index (κ3) is 3.55. The highest BCUT2D eigenvalue weighted by Gasteiger charge is 2.28. The average Bonchev–Trinajstić information content (AvgIpc) is 3.29. The number of aryl methyl sites for hydroxylation is 3. The molecular weight excluding hydrogens is 356 g/mol. The molecule has 2 aliphatic heterocycles. The first kappa shape index (κ1) is 18.7. The molecular formula is C20H28N6O2. The van der Waals surface area contributed by atoms with E-state index in [0.717, 1.165) is 43.6 Å². The van der Waals surface area contributed by atoms with Crippen molar-refractivity contribution in [1.82, 2.24) is 29.1 Å². The minimum Gasteiger partial charge on any atom is -0.343 e. The Labute approximate surface area is 165 Å².